The molecule has 0 saturated carbocycles. The van der Waals surface area contributed by atoms with Crippen LogP contribution < -0.4 is 0 Å². The Labute approximate surface area is 74.9 Å². The first-order chi connectivity index (χ1) is 5.70. The van der Waals surface area contributed by atoms with E-state index in [1.165, 1.54) is 5.56 Å². The van der Waals surface area contributed by atoms with E-state index in [0.717, 1.165) is 5.56 Å². The van der Waals surface area contributed by atoms with Crippen molar-refractivity contribution in [3.63, 3.8) is 0 Å². The van der Waals surface area contributed by atoms with Gasteiger partial charge in [0.2, 0.25) is 0 Å². The fourth-order valence-corrected chi connectivity index (χ4v) is 0.878. The predicted octanol–water partition coefficient (Wildman–Crippen LogP) is 3.41. The Balaban J connectivity index is 0.000000561. The standard InChI is InChI=1S/C9H11N.C2H6/c1-7-4-3-5-9(6-7)8(2)10;1-2/h3-6,10H,1-2H3;1-2H3. The number of hydrogen-bond acceptors (Lipinski definition) is 1. The second kappa shape index (κ2) is 5.53. The Kier molecular flexibility index (Phi) is 5.02. The number of aryl methyl sites for hydroxylation is 1. The molecule has 1 N–H and O–H groups in total. The molecular weight excluding hydrogens is 146 g/mol. The lowest BCUT2D eigenvalue weighted by Gasteiger charge is -1.97. The van der Waals surface area contributed by atoms with Crippen molar-refractivity contribution in [2.24, 2.45) is 0 Å². The predicted molar refractivity (Wildman–Crippen MR) is 55.0 cm³/mol. The molecule has 0 aliphatic rings. The third-order valence-electron chi connectivity index (χ3n) is 1.45. The lowest BCUT2D eigenvalue weighted by Crippen LogP contribution is -1.90. The molecular formula is C11H17N. The van der Waals surface area contributed by atoms with E-state index in [-0.39, 0.29) is 0 Å². The van der Waals surface area contributed by atoms with Crippen LogP contribution in [0.1, 0.15) is 31.9 Å². The maximum Gasteiger partial charge on any atom is 0.0355 e. The van der Waals surface area contributed by atoms with E-state index in [4.69, 9.17) is 5.41 Å². The Bertz CT molecular complexity index is 251. The van der Waals surface area contributed by atoms with E-state index in [1.54, 1.807) is 6.92 Å². The van der Waals surface area contributed by atoms with Crippen LogP contribution in [0.15, 0.2) is 24.3 Å². The molecule has 1 rings (SSSR count). The van der Waals surface area contributed by atoms with Gasteiger partial charge in [-0.15, -0.1) is 0 Å². The van der Waals surface area contributed by atoms with Gasteiger partial charge in [-0.25, -0.2) is 0 Å². The van der Waals surface area contributed by atoms with Crippen LogP contribution in [-0.2, 0) is 0 Å². The molecule has 66 valence electrons. The molecule has 0 saturated heterocycles. The van der Waals surface area contributed by atoms with Gasteiger partial charge in [-0.2, -0.15) is 0 Å². The molecule has 0 spiro atoms. The fraction of sp³-hybridized carbons (Fsp3) is 0.364. The molecule has 1 aromatic rings. The van der Waals surface area contributed by atoms with Crippen LogP contribution in [0.2, 0.25) is 0 Å². The highest BCUT2D eigenvalue weighted by Gasteiger charge is 1.92. The largest absolute Gasteiger partial charge is 0.305 e. The Morgan fingerprint density at radius 1 is 1.25 bits per heavy atom. The Hall–Kier alpha value is -1.11. The van der Waals surface area contributed by atoms with Gasteiger partial charge in [0.05, 0.1) is 0 Å². The first-order valence-corrected chi connectivity index (χ1v) is 4.32. The summed E-state index contributed by atoms with van der Waals surface area (Å²) in [5.41, 5.74) is 2.85. The van der Waals surface area contributed by atoms with Crippen LogP contribution in [-0.4, -0.2) is 5.71 Å². The van der Waals surface area contributed by atoms with Crippen LogP contribution >= 0.6 is 0 Å². The zero-order valence-electron chi connectivity index (χ0n) is 8.31. The van der Waals surface area contributed by atoms with Gasteiger partial charge < -0.3 is 5.41 Å². The second-order valence-corrected chi connectivity index (χ2v) is 2.49. The van der Waals surface area contributed by atoms with Gasteiger partial charge in [-0.3, -0.25) is 0 Å². The van der Waals surface area contributed by atoms with Crippen molar-refractivity contribution in [1.29, 1.82) is 5.41 Å². The molecule has 0 aliphatic heterocycles. The quantitative estimate of drug-likeness (QED) is 0.613. The molecule has 12 heavy (non-hydrogen) atoms. The molecule has 0 aliphatic carbocycles. The van der Waals surface area contributed by atoms with Gasteiger partial charge >= 0.3 is 0 Å². The average molecular weight is 163 g/mol. The van der Waals surface area contributed by atoms with Crippen LogP contribution in [0.5, 0.6) is 0 Å². The molecule has 1 nitrogen and oxygen atoms in total. The fourth-order valence-electron chi connectivity index (χ4n) is 0.878. The van der Waals surface area contributed by atoms with Gasteiger partial charge in [0.15, 0.2) is 0 Å². The third kappa shape index (κ3) is 3.33. The van der Waals surface area contributed by atoms with Crippen LogP contribution in [0.4, 0.5) is 0 Å². The average Bonchev–Trinajstić information content (AvgIpc) is 2.08. The highest BCUT2D eigenvalue weighted by atomic mass is 14.4. The van der Waals surface area contributed by atoms with Crippen molar-refractivity contribution in [3.8, 4) is 0 Å². The van der Waals surface area contributed by atoms with Gasteiger partial charge in [-0.1, -0.05) is 43.7 Å². The minimum atomic E-state index is 0.628. The van der Waals surface area contributed by atoms with Gasteiger partial charge in [0.1, 0.15) is 0 Å². The number of nitrogens with one attached hydrogen (secondary N) is 1. The SMILES string of the molecule is CC.CC(=N)c1cccc(C)c1. The van der Waals surface area contributed by atoms with Gasteiger partial charge in [-0.05, 0) is 19.4 Å². The second-order valence-electron chi connectivity index (χ2n) is 2.49. The summed E-state index contributed by atoms with van der Waals surface area (Å²) in [5.74, 6) is 0. The van der Waals surface area contributed by atoms with Crippen molar-refractivity contribution in [2.45, 2.75) is 27.7 Å². The van der Waals surface area contributed by atoms with Crippen molar-refractivity contribution in [3.05, 3.63) is 35.4 Å². The molecule has 0 aromatic heterocycles. The van der Waals surface area contributed by atoms with E-state index in [1.807, 2.05) is 45.0 Å². The van der Waals surface area contributed by atoms with E-state index in [2.05, 4.69) is 0 Å². The van der Waals surface area contributed by atoms with Crippen LogP contribution in [0, 0.1) is 12.3 Å². The first-order valence-electron chi connectivity index (χ1n) is 4.32. The normalized spacial score (nSPS) is 8.33. The first kappa shape index (κ1) is 10.9. The zero-order valence-corrected chi connectivity index (χ0v) is 8.31. The number of rotatable bonds is 1. The molecule has 0 bridgehead atoms. The summed E-state index contributed by atoms with van der Waals surface area (Å²) >= 11 is 0. The molecule has 0 atom stereocenters. The third-order valence-corrected chi connectivity index (χ3v) is 1.45. The smallest absolute Gasteiger partial charge is 0.0355 e. The summed E-state index contributed by atoms with van der Waals surface area (Å²) in [6.07, 6.45) is 0. The van der Waals surface area contributed by atoms with E-state index < -0.39 is 0 Å². The Morgan fingerprint density at radius 2 is 1.83 bits per heavy atom. The summed E-state index contributed by atoms with van der Waals surface area (Å²) in [5, 5.41) is 7.33. The van der Waals surface area contributed by atoms with E-state index in [0.29, 0.717) is 5.71 Å². The lowest BCUT2D eigenvalue weighted by atomic mass is 10.1. The minimum absolute atomic E-state index is 0.628. The molecule has 0 fully saturated rings. The van der Waals surface area contributed by atoms with Crippen molar-refractivity contribution >= 4 is 5.71 Å². The summed E-state index contributed by atoms with van der Waals surface area (Å²) < 4.78 is 0. The summed E-state index contributed by atoms with van der Waals surface area (Å²) in [7, 11) is 0. The van der Waals surface area contributed by atoms with Gasteiger partial charge in [0.25, 0.3) is 0 Å². The van der Waals surface area contributed by atoms with Crippen LogP contribution in [0.3, 0.4) is 0 Å². The highest BCUT2D eigenvalue weighted by Crippen LogP contribution is 2.03. The molecule has 0 amide bonds. The summed E-state index contributed by atoms with van der Waals surface area (Å²) in [6, 6.07) is 7.98. The minimum Gasteiger partial charge on any atom is -0.305 e. The van der Waals surface area contributed by atoms with Crippen molar-refractivity contribution in [1.82, 2.24) is 0 Å². The van der Waals surface area contributed by atoms with Crippen molar-refractivity contribution < 1.29 is 0 Å². The lowest BCUT2D eigenvalue weighted by molar-refractivity contribution is 1.41. The van der Waals surface area contributed by atoms with E-state index >= 15 is 0 Å². The summed E-state index contributed by atoms with van der Waals surface area (Å²) in [4.78, 5) is 0. The molecule has 1 heteroatoms. The van der Waals surface area contributed by atoms with Gasteiger partial charge in [0, 0.05) is 5.71 Å². The molecule has 0 unspecified atom stereocenters. The van der Waals surface area contributed by atoms with Crippen LogP contribution in [0.25, 0.3) is 0 Å². The van der Waals surface area contributed by atoms with Crippen molar-refractivity contribution in [2.75, 3.05) is 0 Å². The molecule has 0 radical (unpaired) electrons. The zero-order chi connectivity index (χ0) is 9.56. The summed E-state index contributed by atoms with van der Waals surface area (Å²) in [6.45, 7) is 7.83. The monoisotopic (exact) mass is 163 g/mol. The highest BCUT2D eigenvalue weighted by molar-refractivity contribution is 5.96. The maximum atomic E-state index is 7.33. The topological polar surface area (TPSA) is 23.9 Å². The van der Waals surface area contributed by atoms with E-state index in [9.17, 15) is 0 Å². The number of benzene rings is 1. The molecule has 1 aromatic carbocycles. The Morgan fingerprint density at radius 3 is 2.17 bits per heavy atom. The maximum absolute atomic E-state index is 7.33. The number of hydrogen-bond donors (Lipinski definition) is 1. The molecule has 0 heterocycles.